The number of benzene rings is 2. The van der Waals surface area contributed by atoms with E-state index < -0.39 is 6.10 Å². The minimum absolute atomic E-state index is 0.496. The van der Waals surface area contributed by atoms with Crippen LogP contribution in [-0.2, 0) is 0 Å². The van der Waals surface area contributed by atoms with Crippen molar-refractivity contribution in [1.29, 1.82) is 0 Å². The molecule has 0 aliphatic rings. The van der Waals surface area contributed by atoms with E-state index >= 15 is 0 Å². The third-order valence-electron chi connectivity index (χ3n) is 3.47. The molecular weight excluding hydrogens is 278 g/mol. The molecule has 1 N–H and O–H groups in total. The smallest absolute Gasteiger partial charge is 0.0890 e. The zero-order chi connectivity index (χ0) is 14.7. The van der Waals surface area contributed by atoms with Gasteiger partial charge in [0.25, 0.3) is 0 Å². The first-order valence-corrected chi connectivity index (χ1v) is 7.94. The van der Waals surface area contributed by atoms with E-state index in [1.807, 2.05) is 30.3 Å². The van der Waals surface area contributed by atoms with E-state index in [2.05, 4.69) is 36.2 Å². The van der Waals surface area contributed by atoms with Crippen LogP contribution in [0, 0.1) is 6.92 Å². The third-order valence-corrected chi connectivity index (χ3v) is 4.56. The Kier molecular flexibility index (Phi) is 4.23. The first kappa shape index (κ1) is 14.1. The van der Waals surface area contributed by atoms with E-state index in [4.69, 9.17) is 0 Å². The summed E-state index contributed by atoms with van der Waals surface area (Å²) in [6, 6.07) is 18.2. The molecule has 0 bridgehead atoms. The number of aryl methyl sites for hydroxylation is 1. The number of nitrogens with zero attached hydrogens (tertiary/aromatic N) is 1. The summed E-state index contributed by atoms with van der Waals surface area (Å²) in [5, 5.41) is 11.5. The topological polar surface area (TPSA) is 33.1 Å². The van der Waals surface area contributed by atoms with Crippen LogP contribution in [0.25, 0.3) is 10.9 Å². The lowest BCUT2D eigenvalue weighted by atomic mass is 10.0. The Balaban J connectivity index is 1.78. The molecule has 3 rings (SSSR count). The Hall–Kier alpha value is -1.84. The number of thioether (sulfide) groups is 1. The van der Waals surface area contributed by atoms with Crippen molar-refractivity contribution in [3.05, 3.63) is 71.9 Å². The van der Waals surface area contributed by atoms with Gasteiger partial charge in [-0.05, 0) is 36.8 Å². The van der Waals surface area contributed by atoms with Crippen molar-refractivity contribution in [2.24, 2.45) is 0 Å². The SMILES string of the molecule is Cc1ccc(SCC(O)c2cccc3ncccc23)cc1. The summed E-state index contributed by atoms with van der Waals surface area (Å²) in [7, 11) is 0. The Morgan fingerprint density at radius 3 is 2.67 bits per heavy atom. The standard InChI is InChI=1S/C18H17NOS/c1-13-7-9-14(10-8-13)21-12-18(20)16-4-2-6-17-15(16)5-3-11-19-17/h2-11,18,20H,12H2,1H3. The Labute approximate surface area is 128 Å². The molecule has 1 heterocycles. The van der Waals surface area contributed by atoms with E-state index in [1.165, 1.54) is 10.5 Å². The van der Waals surface area contributed by atoms with Gasteiger partial charge in [0.1, 0.15) is 0 Å². The van der Waals surface area contributed by atoms with Crippen molar-refractivity contribution in [2.45, 2.75) is 17.9 Å². The van der Waals surface area contributed by atoms with Gasteiger partial charge in [-0.3, -0.25) is 4.98 Å². The van der Waals surface area contributed by atoms with Gasteiger partial charge in [-0.1, -0.05) is 35.9 Å². The molecule has 0 aliphatic heterocycles. The number of hydrogen-bond acceptors (Lipinski definition) is 3. The molecule has 106 valence electrons. The molecule has 2 aromatic carbocycles. The van der Waals surface area contributed by atoms with E-state index in [0.29, 0.717) is 5.75 Å². The summed E-state index contributed by atoms with van der Waals surface area (Å²) in [5.41, 5.74) is 3.12. The highest BCUT2D eigenvalue weighted by Crippen LogP contribution is 2.28. The van der Waals surface area contributed by atoms with Gasteiger partial charge >= 0.3 is 0 Å². The van der Waals surface area contributed by atoms with Crippen molar-refractivity contribution < 1.29 is 5.11 Å². The fourth-order valence-corrected chi connectivity index (χ4v) is 3.18. The van der Waals surface area contributed by atoms with Crippen LogP contribution < -0.4 is 0 Å². The molecule has 0 amide bonds. The largest absolute Gasteiger partial charge is 0.388 e. The minimum atomic E-state index is -0.496. The average molecular weight is 295 g/mol. The number of aromatic nitrogens is 1. The number of aliphatic hydroxyl groups excluding tert-OH is 1. The second-order valence-electron chi connectivity index (χ2n) is 5.06. The van der Waals surface area contributed by atoms with Crippen LogP contribution in [0.5, 0.6) is 0 Å². The molecule has 3 aromatic rings. The van der Waals surface area contributed by atoms with Crippen LogP contribution in [0.15, 0.2) is 65.7 Å². The van der Waals surface area contributed by atoms with E-state index in [-0.39, 0.29) is 0 Å². The third kappa shape index (κ3) is 3.26. The lowest BCUT2D eigenvalue weighted by Gasteiger charge is -2.13. The summed E-state index contributed by atoms with van der Waals surface area (Å²) in [6.45, 7) is 2.08. The van der Waals surface area contributed by atoms with Crippen LogP contribution in [-0.4, -0.2) is 15.8 Å². The van der Waals surface area contributed by atoms with Crippen molar-refractivity contribution >= 4 is 22.7 Å². The number of hydrogen-bond donors (Lipinski definition) is 1. The van der Waals surface area contributed by atoms with Crippen LogP contribution >= 0.6 is 11.8 Å². The summed E-state index contributed by atoms with van der Waals surface area (Å²) < 4.78 is 0. The van der Waals surface area contributed by atoms with Crippen molar-refractivity contribution in [1.82, 2.24) is 4.98 Å². The minimum Gasteiger partial charge on any atom is -0.388 e. The Morgan fingerprint density at radius 2 is 1.86 bits per heavy atom. The monoisotopic (exact) mass is 295 g/mol. The van der Waals surface area contributed by atoms with Crippen LogP contribution in [0.1, 0.15) is 17.2 Å². The van der Waals surface area contributed by atoms with Gasteiger partial charge in [0.15, 0.2) is 0 Å². The molecule has 0 radical (unpaired) electrons. The number of aliphatic hydroxyl groups is 1. The number of pyridine rings is 1. The summed E-state index contributed by atoms with van der Waals surface area (Å²) in [5.74, 6) is 0.636. The Morgan fingerprint density at radius 1 is 1.05 bits per heavy atom. The van der Waals surface area contributed by atoms with Gasteiger partial charge in [-0.15, -0.1) is 11.8 Å². The summed E-state index contributed by atoms with van der Waals surface area (Å²) >= 11 is 1.67. The van der Waals surface area contributed by atoms with E-state index in [1.54, 1.807) is 18.0 Å². The van der Waals surface area contributed by atoms with Gasteiger partial charge < -0.3 is 5.11 Å². The fraction of sp³-hybridized carbons (Fsp3) is 0.167. The maximum atomic E-state index is 10.5. The number of fused-ring (bicyclic) bond motifs is 1. The molecule has 1 aromatic heterocycles. The van der Waals surface area contributed by atoms with Gasteiger partial charge in [-0.25, -0.2) is 0 Å². The average Bonchev–Trinajstić information content (AvgIpc) is 2.53. The predicted octanol–water partition coefficient (Wildman–Crippen LogP) is 4.37. The van der Waals surface area contributed by atoms with Crippen LogP contribution in [0.4, 0.5) is 0 Å². The summed E-state index contributed by atoms with van der Waals surface area (Å²) in [4.78, 5) is 5.51. The number of rotatable bonds is 4. The molecule has 1 unspecified atom stereocenters. The van der Waals surface area contributed by atoms with Gasteiger partial charge in [0.2, 0.25) is 0 Å². The van der Waals surface area contributed by atoms with Crippen LogP contribution in [0.2, 0.25) is 0 Å². The highest BCUT2D eigenvalue weighted by atomic mass is 32.2. The van der Waals surface area contributed by atoms with E-state index in [9.17, 15) is 5.11 Å². The fourth-order valence-electron chi connectivity index (χ4n) is 2.32. The second-order valence-corrected chi connectivity index (χ2v) is 6.15. The highest BCUT2D eigenvalue weighted by molar-refractivity contribution is 7.99. The summed E-state index contributed by atoms with van der Waals surface area (Å²) in [6.07, 6.45) is 1.28. The first-order valence-electron chi connectivity index (χ1n) is 6.95. The zero-order valence-corrected chi connectivity index (χ0v) is 12.7. The molecule has 21 heavy (non-hydrogen) atoms. The van der Waals surface area contributed by atoms with Crippen LogP contribution in [0.3, 0.4) is 0 Å². The highest BCUT2D eigenvalue weighted by Gasteiger charge is 2.11. The molecule has 0 saturated heterocycles. The Bertz CT molecular complexity index is 734. The van der Waals surface area contributed by atoms with E-state index in [0.717, 1.165) is 16.5 Å². The zero-order valence-electron chi connectivity index (χ0n) is 11.9. The van der Waals surface area contributed by atoms with Gasteiger partial charge in [0, 0.05) is 22.2 Å². The second kappa shape index (κ2) is 6.29. The van der Waals surface area contributed by atoms with Gasteiger partial charge in [0.05, 0.1) is 11.6 Å². The van der Waals surface area contributed by atoms with Crippen molar-refractivity contribution in [3.8, 4) is 0 Å². The normalized spacial score (nSPS) is 12.5. The molecular formula is C18H17NOS. The predicted molar refractivity (Wildman–Crippen MR) is 88.6 cm³/mol. The molecule has 0 aliphatic carbocycles. The molecule has 0 fully saturated rings. The lowest BCUT2D eigenvalue weighted by Crippen LogP contribution is -2.01. The molecule has 0 spiro atoms. The van der Waals surface area contributed by atoms with Crippen molar-refractivity contribution in [2.75, 3.05) is 5.75 Å². The maximum absolute atomic E-state index is 10.5. The maximum Gasteiger partial charge on any atom is 0.0890 e. The molecule has 3 heteroatoms. The quantitative estimate of drug-likeness (QED) is 0.726. The molecule has 2 nitrogen and oxygen atoms in total. The molecule has 1 atom stereocenters. The first-order chi connectivity index (χ1) is 10.2. The van der Waals surface area contributed by atoms with Gasteiger partial charge in [-0.2, -0.15) is 0 Å². The van der Waals surface area contributed by atoms with Crippen molar-refractivity contribution in [3.63, 3.8) is 0 Å². The molecule has 0 saturated carbocycles. The lowest BCUT2D eigenvalue weighted by molar-refractivity contribution is 0.205.